The lowest BCUT2D eigenvalue weighted by Crippen LogP contribution is -2.48. The number of piperazine rings is 1. The molecule has 10 heteroatoms. The molecule has 2 aliphatic rings. The predicted octanol–water partition coefficient (Wildman–Crippen LogP) is 1.13. The van der Waals surface area contributed by atoms with Crippen molar-refractivity contribution in [1.29, 1.82) is 0 Å². The SMILES string of the molecule is NC(=O)c1cnc(Nc2ccc(N3CCN(C(=O)CC=O)CC3)cc2)nc1NC1CC1. The minimum atomic E-state index is -0.563. The summed E-state index contributed by atoms with van der Waals surface area (Å²) in [4.78, 5) is 46.5. The van der Waals surface area contributed by atoms with Gasteiger partial charge in [-0.1, -0.05) is 0 Å². The van der Waals surface area contributed by atoms with Crippen LogP contribution >= 0.6 is 0 Å². The molecule has 10 nitrogen and oxygen atoms in total. The molecule has 162 valence electrons. The van der Waals surface area contributed by atoms with E-state index in [1.165, 1.54) is 6.20 Å². The molecule has 0 spiro atoms. The Morgan fingerprint density at radius 2 is 1.84 bits per heavy atom. The van der Waals surface area contributed by atoms with Crippen LogP contribution in [0.25, 0.3) is 0 Å². The lowest BCUT2D eigenvalue weighted by atomic mass is 10.2. The third-order valence-electron chi connectivity index (χ3n) is 5.35. The van der Waals surface area contributed by atoms with E-state index in [1.54, 1.807) is 4.90 Å². The van der Waals surface area contributed by atoms with E-state index in [4.69, 9.17) is 5.73 Å². The van der Waals surface area contributed by atoms with Crippen molar-refractivity contribution in [2.75, 3.05) is 41.7 Å². The van der Waals surface area contributed by atoms with Crippen molar-refractivity contribution in [3.63, 3.8) is 0 Å². The van der Waals surface area contributed by atoms with Gasteiger partial charge in [0.15, 0.2) is 0 Å². The van der Waals surface area contributed by atoms with E-state index in [0.29, 0.717) is 50.3 Å². The highest BCUT2D eigenvalue weighted by Crippen LogP contribution is 2.27. The van der Waals surface area contributed by atoms with Crippen molar-refractivity contribution < 1.29 is 14.4 Å². The number of carbonyl (C=O) groups is 3. The number of aromatic nitrogens is 2. The number of hydrogen-bond donors (Lipinski definition) is 3. The Morgan fingerprint density at radius 3 is 2.45 bits per heavy atom. The van der Waals surface area contributed by atoms with E-state index in [0.717, 1.165) is 24.2 Å². The average Bonchev–Trinajstić information content (AvgIpc) is 3.59. The van der Waals surface area contributed by atoms with Crippen LogP contribution in [0.3, 0.4) is 0 Å². The Balaban J connectivity index is 1.38. The number of amides is 2. The van der Waals surface area contributed by atoms with E-state index in [1.807, 2.05) is 24.3 Å². The Bertz CT molecular complexity index is 967. The van der Waals surface area contributed by atoms with Gasteiger partial charge in [-0.2, -0.15) is 4.98 Å². The summed E-state index contributed by atoms with van der Waals surface area (Å²) in [6, 6.07) is 8.17. The lowest BCUT2D eigenvalue weighted by Gasteiger charge is -2.36. The number of rotatable bonds is 8. The first-order valence-electron chi connectivity index (χ1n) is 10.3. The smallest absolute Gasteiger partial charge is 0.254 e. The molecule has 1 saturated heterocycles. The summed E-state index contributed by atoms with van der Waals surface area (Å²) in [6.07, 6.45) is 4.12. The second-order valence-corrected chi connectivity index (χ2v) is 7.65. The zero-order valence-electron chi connectivity index (χ0n) is 17.1. The van der Waals surface area contributed by atoms with Crippen LogP contribution in [-0.2, 0) is 9.59 Å². The van der Waals surface area contributed by atoms with Crippen molar-refractivity contribution in [3.05, 3.63) is 36.0 Å². The zero-order valence-corrected chi connectivity index (χ0v) is 17.1. The fourth-order valence-electron chi connectivity index (χ4n) is 3.45. The normalized spacial score (nSPS) is 16.0. The Labute approximate surface area is 179 Å². The van der Waals surface area contributed by atoms with Crippen LogP contribution in [0.4, 0.5) is 23.1 Å². The molecule has 1 aliphatic carbocycles. The standard InChI is InChI=1S/C21H25N7O3/c22-19(31)17-13-23-21(26-20(17)24-14-1-2-14)25-15-3-5-16(6-4-15)27-8-10-28(11-9-27)18(30)7-12-29/h3-6,12-14H,1-2,7-11H2,(H2,22,31)(H2,23,24,25,26). The molecular formula is C21H25N7O3. The molecule has 1 aromatic carbocycles. The number of nitrogens with two attached hydrogens (primary N) is 1. The summed E-state index contributed by atoms with van der Waals surface area (Å²) in [7, 11) is 0. The number of primary amides is 1. The monoisotopic (exact) mass is 423 g/mol. The quantitative estimate of drug-likeness (QED) is 0.425. The van der Waals surface area contributed by atoms with Crippen LogP contribution in [0.2, 0.25) is 0 Å². The molecule has 0 bridgehead atoms. The number of aldehydes is 1. The molecule has 0 radical (unpaired) electrons. The van der Waals surface area contributed by atoms with Gasteiger partial charge in [-0.3, -0.25) is 9.59 Å². The highest BCUT2D eigenvalue weighted by Gasteiger charge is 2.24. The molecule has 2 aromatic rings. The summed E-state index contributed by atoms with van der Waals surface area (Å²) in [6.45, 7) is 2.63. The second-order valence-electron chi connectivity index (χ2n) is 7.65. The fraction of sp³-hybridized carbons (Fsp3) is 0.381. The number of hydrogen-bond acceptors (Lipinski definition) is 8. The lowest BCUT2D eigenvalue weighted by molar-refractivity contribution is -0.133. The maximum atomic E-state index is 11.8. The molecule has 1 saturated carbocycles. The van der Waals surface area contributed by atoms with Gasteiger partial charge in [0.25, 0.3) is 5.91 Å². The molecule has 4 rings (SSSR count). The van der Waals surface area contributed by atoms with E-state index in [-0.39, 0.29) is 17.9 Å². The van der Waals surface area contributed by atoms with Crippen molar-refractivity contribution >= 4 is 41.2 Å². The van der Waals surface area contributed by atoms with E-state index < -0.39 is 5.91 Å². The van der Waals surface area contributed by atoms with Crippen LogP contribution in [0, 0.1) is 0 Å². The Morgan fingerprint density at radius 1 is 1.13 bits per heavy atom. The molecule has 0 unspecified atom stereocenters. The summed E-state index contributed by atoms with van der Waals surface area (Å²) < 4.78 is 0. The van der Waals surface area contributed by atoms with Crippen LogP contribution in [0.1, 0.15) is 29.6 Å². The van der Waals surface area contributed by atoms with Gasteiger partial charge >= 0.3 is 0 Å². The first-order chi connectivity index (χ1) is 15.0. The second kappa shape index (κ2) is 8.99. The Kier molecular flexibility index (Phi) is 5.96. The molecule has 0 atom stereocenters. The molecule has 31 heavy (non-hydrogen) atoms. The third-order valence-corrected chi connectivity index (χ3v) is 5.35. The van der Waals surface area contributed by atoms with Gasteiger partial charge in [0.2, 0.25) is 11.9 Å². The van der Waals surface area contributed by atoms with E-state index in [2.05, 4.69) is 25.5 Å². The first-order valence-corrected chi connectivity index (χ1v) is 10.3. The van der Waals surface area contributed by atoms with Gasteiger partial charge in [-0.15, -0.1) is 0 Å². The van der Waals surface area contributed by atoms with Crippen molar-refractivity contribution in [3.8, 4) is 0 Å². The van der Waals surface area contributed by atoms with E-state index >= 15 is 0 Å². The first kappa shape index (κ1) is 20.6. The summed E-state index contributed by atoms with van der Waals surface area (Å²) in [5.74, 6) is 0.147. The molecule has 2 amide bonds. The molecule has 2 fully saturated rings. The van der Waals surface area contributed by atoms with Gasteiger partial charge in [0.05, 0.1) is 12.0 Å². The number of anilines is 4. The largest absolute Gasteiger partial charge is 0.368 e. The fourth-order valence-corrected chi connectivity index (χ4v) is 3.45. The molecule has 4 N–H and O–H groups in total. The zero-order chi connectivity index (χ0) is 21.8. The van der Waals surface area contributed by atoms with Gasteiger partial charge in [-0.05, 0) is 37.1 Å². The summed E-state index contributed by atoms with van der Waals surface area (Å²) in [5, 5.41) is 6.37. The van der Waals surface area contributed by atoms with Crippen molar-refractivity contribution in [2.24, 2.45) is 5.73 Å². The molecule has 1 aliphatic heterocycles. The van der Waals surface area contributed by atoms with E-state index in [9.17, 15) is 14.4 Å². The number of nitrogens with zero attached hydrogens (tertiary/aromatic N) is 4. The summed E-state index contributed by atoms with van der Waals surface area (Å²) >= 11 is 0. The number of nitrogens with one attached hydrogen (secondary N) is 2. The van der Waals surface area contributed by atoms with Crippen molar-refractivity contribution in [2.45, 2.75) is 25.3 Å². The summed E-state index contributed by atoms with van der Waals surface area (Å²) in [5.41, 5.74) is 7.56. The van der Waals surface area contributed by atoms with Crippen LogP contribution in [0.15, 0.2) is 30.5 Å². The minimum absolute atomic E-state index is 0.0548. The van der Waals surface area contributed by atoms with Crippen LogP contribution in [-0.4, -0.2) is 65.2 Å². The van der Waals surface area contributed by atoms with Gasteiger partial charge in [0.1, 0.15) is 12.1 Å². The van der Waals surface area contributed by atoms with Gasteiger partial charge in [-0.25, -0.2) is 4.98 Å². The van der Waals surface area contributed by atoms with Crippen LogP contribution in [0.5, 0.6) is 0 Å². The van der Waals surface area contributed by atoms with Gasteiger partial charge in [0, 0.05) is 49.8 Å². The topological polar surface area (TPSA) is 134 Å². The maximum Gasteiger partial charge on any atom is 0.254 e. The minimum Gasteiger partial charge on any atom is -0.368 e. The number of carbonyl (C=O) groups excluding carboxylic acids is 3. The van der Waals surface area contributed by atoms with Gasteiger partial charge < -0.3 is 31.0 Å². The number of benzene rings is 1. The predicted molar refractivity (Wildman–Crippen MR) is 116 cm³/mol. The molecule has 2 heterocycles. The third kappa shape index (κ3) is 5.08. The molecular weight excluding hydrogens is 398 g/mol. The Hall–Kier alpha value is -3.69. The highest BCUT2D eigenvalue weighted by atomic mass is 16.2. The maximum absolute atomic E-state index is 11.8. The van der Waals surface area contributed by atoms with Crippen molar-refractivity contribution in [1.82, 2.24) is 14.9 Å². The molecule has 1 aromatic heterocycles. The highest BCUT2D eigenvalue weighted by molar-refractivity contribution is 5.97. The average molecular weight is 423 g/mol. The van der Waals surface area contributed by atoms with Crippen LogP contribution < -0.4 is 21.3 Å².